The Kier molecular flexibility index (Phi) is 6.15. The molecule has 0 atom stereocenters. The van der Waals surface area contributed by atoms with Crippen LogP contribution in [0.3, 0.4) is 0 Å². The lowest BCUT2D eigenvalue weighted by atomic mass is 9.85. The number of benzene rings is 1. The molecule has 2 N–H and O–H groups in total. The predicted octanol–water partition coefficient (Wildman–Crippen LogP) is 1.59. The Hall–Kier alpha value is -2.35. The average Bonchev–Trinajstić information content (AvgIpc) is 2.63. The van der Waals surface area contributed by atoms with E-state index >= 15 is 0 Å². The number of nitrogens with zero attached hydrogens (tertiary/aromatic N) is 3. The van der Waals surface area contributed by atoms with Gasteiger partial charge >= 0.3 is 12.0 Å². The number of piperazine rings is 1. The van der Waals surface area contributed by atoms with E-state index < -0.39 is 5.97 Å². The third-order valence-electron chi connectivity index (χ3n) is 5.46. The first-order valence-corrected chi connectivity index (χ1v) is 9.48. The van der Waals surface area contributed by atoms with Gasteiger partial charge in [0.2, 0.25) is 0 Å². The quantitative estimate of drug-likeness (QED) is 0.786. The number of nitrogens with one attached hydrogen (secondary N) is 1. The summed E-state index contributed by atoms with van der Waals surface area (Å²) in [7, 11) is 0. The molecule has 1 aromatic rings. The minimum atomic E-state index is -0.816. The van der Waals surface area contributed by atoms with E-state index in [1.807, 2.05) is 16.7 Å². The van der Waals surface area contributed by atoms with E-state index in [9.17, 15) is 14.0 Å². The predicted molar refractivity (Wildman–Crippen MR) is 100 cm³/mol. The number of carbonyl (C=O) groups is 2. The van der Waals surface area contributed by atoms with Gasteiger partial charge in [-0.1, -0.05) is 6.92 Å². The number of hydrogen-bond donors (Lipinski definition) is 2. The highest BCUT2D eigenvalue weighted by molar-refractivity contribution is 5.75. The van der Waals surface area contributed by atoms with Crippen LogP contribution < -0.4 is 10.2 Å². The molecule has 1 saturated heterocycles. The first kappa shape index (κ1) is 19.4. The Morgan fingerprint density at radius 2 is 1.81 bits per heavy atom. The summed E-state index contributed by atoms with van der Waals surface area (Å²) >= 11 is 0. The smallest absolute Gasteiger partial charge is 0.317 e. The molecular formula is C19H27FN4O3. The average molecular weight is 378 g/mol. The number of aliphatic carboxylic acids is 1. The molecule has 2 aliphatic rings. The summed E-state index contributed by atoms with van der Waals surface area (Å²) in [6.07, 6.45) is 1.59. The zero-order chi connectivity index (χ0) is 19.4. The Bertz CT molecular complexity index is 655. The zero-order valence-electron chi connectivity index (χ0n) is 15.6. The molecule has 27 heavy (non-hydrogen) atoms. The van der Waals surface area contributed by atoms with Gasteiger partial charge in [-0.25, -0.2) is 9.18 Å². The summed E-state index contributed by atoms with van der Waals surface area (Å²) in [5, 5.41) is 12.0. The van der Waals surface area contributed by atoms with Crippen LogP contribution in [0.1, 0.15) is 19.8 Å². The second-order valence-corrected chi connectivity index (χ2v) is 7.18. The van der Waals surface area contributed by atoms with Crippen LogP contribution in [0.4, 0.5) is 14.9 Å². The summed E-state index contributed by atoms with van der Waals surface area (Å²) < 4.78 is 13.0. The van der Waals surface area contributed by atoms with Crippen LogP contribution >= 0.6 is 0 Å². The number of amides is 2. The Labute approximate surface area is 158 Å². The highest BCUT2D eigenvalue weighted by Crippen LogP contribution is 2.26. The fourth-order valence-electron chi connectivity index (χ4n) is 3.76. The monoisotopic (exact) mass is 378 g/mol. The van der Waals surface area contributed by atoms with Crippen molar-refractivity contribution >= 4 is 17.7 Å². The van der Waals surface area contributed by atoms with Crippen molar-refractivity contribution in [3.05, 3.63) is 30.1 Å². The lowest BCUT2D eigenvalue weighted by Crippen LogP contribution is -2.59. The SMILES string of the molecule is CCN(CC(=O)O)C1CC(NC(=O)N2CCN(c3ccc(F)cc3)CC2)C1. The molecule has 0 unspecified atom stereocenters. The van der Waals surface area contributed by atoms with Crippen LogP contribution in [0, 0.1) is 5.82 Å². The molecule has 7 nitrogen and oxygen atoms in total. The molecule has 148 valence electrons. The van der Waals surface area contributed by atoms with Crippen molar-refractivity contribution in [2.24, 2.45) is 0 Å². The number of urea groups is 1. The van der Waals surface area contributed by atoms with Crippen molar-refractivity contribution in [2.75, 3.05) is 44.2 Å². The summed E-state index contributed by atoms with van der Waals surface area (Å²) in [4.78, 5) is 29.2. The third kappa shape index (κ3) is 4.88. The number of anilines is 1. The summed E-state index contributed by atoms with van der Waals surface area (Å²) in [6.45, 7) is 5.38. The molecule has 8 heteroatoms. The zero-order valence-corrected chi connectivity index (χ0v) is 15.6. The van der Waals surface area contributed by atoms with Gasteiger partial charge in [0.25, 0.3) is 0 Å². The van der Waals surface area contributed by atoms with Gasteiger partial charge in [0.05, 0.1) is 6.54 Å². The summed E-state index contributed by atoms with van der Waals surface area (Å²) in [6, 6.07) is 6.70. The normalized spacial score (nSPS) is 22.5. The van der Waals surface area contributed by atoms with Crippen LogP contribution in [0.2, 0.25) is 0 Å². The molecule has 1 aliphatic carbocycles. The van der Waals surface area contributed by atoms with Gasteiger partial charge in [0, 0.05) is 44.0 Å². The molecule has 3 rings (SSSR count). The second kappa shape index (κ2) is 8.56. The van der Waals surface area contributed by atoms with E-state index in [0.29, 0.717) is 32.7 Å². The largest absolute Gasteiger partial charge is 0.480 e. The highest BCUT2D eigenvalue weighted by Gasteiger charge is 2.35. The Morgan fingerprint density at radius 3 is 2.37 bits per heavy atom. The number of hydrogen-bond acceptors (Lipinski definition) is 4. The van der Waals surface area contributed by atoms with Crippen LogP contribution in [-0.4, -0.2) is 78.3 Å². The van der Waals surface area contributed by atoms with Gasteiger partial charge < -0.3 is 20.2 Å². The molecule has 0 radical (unpaired) electrons. The molecule has 2 fully saturated rings. The van der Waals surface area contributed by atoms with Crippen LogP contribution in [0.15, 0.2) is 24.3 Å². The number of halogens is 1. The molecule has 1 heterocycles. The first-order chi connectivity index (χ1) is 13.0. The van der Waals surface area contributed by atoms with Gasteiger partial charge in [-0.15, -0.1) is 0 Å². The topological polar surface area (TPSA) is 76.1 Å². The third-order valence-corrected chi connectivity index (χ3v) is 5.46. The molecule has 0 spiro atoms. The van der Waals surface area contributed by atoms with E-state index in [1.54, 1.807) is 12.1 Å². The number of carboxylic acids is 1. The van der Waals surface area contributed by atoms with Gasteiger partial charge in [-0.05, 0) is 43.7 Å². The maximum Gasteiger partial charge on any atom is 0.317 e. The van der Waals surface area contributed by atoms with Crippen molar-refractivity contribution in [3.8, 4) is 0 Å². The van der Waals surface area contributed by atoms with Gasteiger partial charge in [-0.2, -0.15) is 0 Å². The van der Waals surface area contributed by atoms with E-state index in [1.165, 1.54) is 12.1 Å². The van der Waals surface area contributed by atoms with Crippen molar-refractivity contribution in [1.82, 2.24) is 15.1 Å². The maximum absolute atomic E-state index is 13.0. The van der Waals surface area contributed by atoms with Gasteiger partial charge in [0.15, 0.2) is 0 Å². The Morgan fingerprint density at radius 1 is 1.19 bits per heavy atom. The fourth-order valence-corrected chi connectivity index (χ4v) is 3.76. The summed E-state index contributed by atoms with van der Waals surface area (Å²) in [5.74, 6) is -1.07. The van der Waals surface area contributed by atoms with Crippen LogP contribution in [0.5, 0.6) is 0 Å². The minimum absolute atomic E-state index is 0.0488. The first-order valence-electron chi connectivity index (χ1n) is 9.48. The fraction of sp³-hybridized carbons (Fsp3) is 0.579. The second-order valence-electron chi connectivity index (χ2n) is 7.18. The number of likely N-dealkylation sites (N-methyl/N-ethyl adjacent to an activating group) is 1. The molecule has 0 aromatic heterocycles. The van der Waals surface area contributed by atoms with E-state index in [0.717, 1.165) is 18.5 Å². The molecule has 1 aliphatic heterocycles. The van der Waals surface area contributed by atoms with Crippen molar-refractivity contribution in [1.29, 1.82) is 0 Å². The molecule has 1 aromatic carbocycles. The van der Waals surface area contributed by atoms with E-state index in [-0.39, 0.29) is 30.5 Å². The van der Waals surface area contributed by atoms with Gasteiger partial charge in [-0.3, -0.25) is 9.69 Å². The number of rotatable bonds is 6. The van der Waals surface area contributed by atoms with E-state index in [4.69, 9.17) is 5.11 Å². The van der Waals surface area contributed by atoms with Crippen molar-refractivity contribution < 1.29 is 19.1 Å². The molecule has 0 bridgehead atoms. The highest BCUT2D eigenvalue weighted by atomic mass is 19.1. The lowest BCUT2D eigenvalue weighted by Gasteiger charge is -2.43. The van der Waals surface area contributed by atoms with Crippen molar-refractivity contribution in [2.45, 2.75) is 31.8 Å². The van der Waals surface area contributed by atoms with E-state index in [2.05, 4.69) is 10.2 Å². The number of carbonyl (C=O) groups excluding carboxylic acids is 1. The Balaban J connectivity index is 1.40. The van der Waals surface area contributed by atoms with Crippen LogP contribution in [0.25, 0.3) is 0 Å². The molecular weight excluding hydrogens is 351 g/mol. The lowest BCUT2D eigenvalue weighted by molar-refractivity contribution is -0.139. The maximum atomic E-state index is 13.0. The summed E-state index contributed by atoms with van der Waals surface area (Å²) in [5.41, 5.74) is 0.969. The van der Waals surface area contributed by atoms with Crippen molar-refractivity contribution in [3.63, 3.8) is 0 Å². The number of carboxylic acid groups (broad SMARTS) is 1. The molecule has 2 amide bonds. The minimum Gasteiger partial charge on any atom is -0.480 e. The van der Waals surface area contributed by atoms with Crippen LogP contribution in [-0.2, 0) is 4.79 Å². The molecule has 1 saturated carbocycles. The standard InChI is InChI=1S/C19H27FN4O3/c1-2-22(13-18(25)26)17-11-15(12-17)21-19(27)24-9-7-23(8-10-24)16-5-3-14(20)4-6-16/h3-6,15,17H,2,7-13H2,1H3,(H,21,27)(H,25,26). The van der Waals surface area contributed by atoms with Gasteiger partial charge in [0.1, 0.15) is 5.82 Å².